The predicted octanol–water partition coefficient (Wildman–Crippen LogP) is 2.78. The quantitative estimate of drug-likeness (QED) is 0.337. The predicted molar refractivity (Wildman–Crippen MR) is 117 cm³/mol. The standard InChI is InChI=1S/C17H28N6OS.HI/c1-6-18-17(21-11-16-19-9-12(2)25-16)20-10-15-13(3)22-23(14(15)4)7-8-24-5;/h9H,6-8,10-11H2,1-5H3,(H2,18,20,21);1H. The summed E-state index contributed by atoms with van der Waals surface area (Å²) in [7, 11) is 1.70. The van der Waals surface area contributed by atoms with E-state index in [1.54, 1.807) is 18.4 Å². The van der Waals surface area contributed by atoms with Crippen LogP contribution < -0.4 is 10.6 Å². The smallest absolute Gasteiger partial charge is 0.191 e. The topological polar surface area (TPSA) is 76.4 Å². The highest BCUT2D eigenvalue weighted by molar-refractivity contribution is 14.0. The summed E-state index contributed by atoms with van der Waals surface area (Å²) >= 11 is 1.70. The molecule has 2 aromatic heterocycles. The zero-order valence-electron chi connectivity index (χ0n) is 16.1. The van der Waals surface area contributed by atoms with Crippen molar-refractivity contribution in [3.8, 4) is 0 Å². The fraction of sp³-hybridized carbons (Fsp3) is 0.588. The Morgan fingerprint density at radius 1 is 1.31 bits per heavy atom. The molecule has 0 saturated carbocycles. The minimum absolute atomic E-state index is 0. The largest absolute Gasteiger partial charge is 0.383 e. The zero-order valence-corrected chi connectivity index (χ0v) is 19.3. The van der Waals surface area contributed by atoms with Gasteiger partial charge in [-0.05, 0) is 27.7 Å². The molecule has 146 valence electrons. The van der Waals surface area contributed by atoms with E-state index in [1.165, 1.54) is 10.4 Å². The molecule has 0 radical (unpaired) electrons. The third kappa shape index (κ3) is 6.51. The molecule has 0 bridgehead atoms. The van der Waals surface area contributed by atoms with Crippen LogP contribution >= 0.6 is 35.3 Å². The molecule has 0 fully saturated rings. The van der Waals surface area contributed by atoms with Gasteiger partial charge < -0.3 is 15.4 Å². The summed E-state index contributed by atoms with van der Waals surface area (Å²) in [6.07, 6.45) is 1.90. The van der Waals surface area contributed by atoms with Crippen molar-refractivity contribution in [1.82, 2.24) is 25.4 Å². The Morgan fingerprint density at radius 3 is 2.69 bits per heavy atom. The number of rotatable bonds is 8. The van der Waals surface area contributed by atoms with Gasteiger partial charge in [-0.2, -0.15) is 5.10 Å². The molecule has 0 unspecified atom stereocenters. The Labute approximate surface area is 176 Å². The van der Waals surface area contributed by atoms with Crippen LogP contribution in [0.3, 0.4) is 0 Å². The second-order valence-corrected chi connectivity index (χ2v) is 7.10. The molecule has 0 spiro atoms. The molecule has 0 amide bonds. The number of thiazole rings is 1. The van der Waals surface area contributed by atoms with Crippen molar-refractivity contribution in [3.05, 3.63) is 33.0 Å². The minimum Gasteiger partial charge on any atom is -0.383 e. The molecule has 2 heterocycles. The van der Waals surface area contributed by atoms with Gasteiger partial charge in [-0.15, -0.1) is 35.3 Å². The Hall–Kier alpha value is -1.20. The molecule has 0 aliphatic heterocycles. The molecule has 9 heteroatoms. The Morgan fingerprint density at radius 2 is 2.08 bits per heavy atom. The van der Waals surface area contributed by atoms with Gasteiger partial charge >= 0.3 is 0 Å². The molecule has 0 saturated heterocycles. The second-order valence-electron chi connectivity index (χ2n) is 5.78. The highest BCUT2D eigenvalue weighted by atomic mass is 127. The van der Waals surface area contributed by atoms with E-state index in [4.69, 9.17) is 9.73 Å². The van der Waals surface area contributed by atoms with Crippen LogP contribution in [0, 0.1) is 20.8 Å². The Kier molecular flexibility index (Phi) is 10.1. The van der Waals surface area contributed by atoms with Crippen molar-refractivity contribution < 1.29 is 4.74 Å². The first-order valence-electron chi connectivity index (χ1n) is 8.50. The van der Waals surface area contributed by atoms with Crippen molar-refractivity contribution in [2.75, 3.05) is 20.3 Å². The number of methoxy groups -OCH3 is 1. The van der Waals surface area contributed by atoms with E-state index in [1.807, 2.05) is 17.8 Å². The molecular formula is C17H29IN6OS. The first-order valence-corrected chi connectivity index (χ1v) is 9.32. The van der Waals surface area contributed by atoms with Crippen LogP contribution in [0.2, 0.25) is 0 Å². The van der Waals surface area contributed by atoms with Crippen molar-refractivity contribution in [2.45, 2.75) is 47.3 Å². The molecule has 26 heavy (non-hydrogen) atoms. The van der Waals surface area contributed by atoms with E-state index in [2.05, 4.69) is 41.5 Å². The fourth-order valence-corrected chi connectivity index (χ4v) is 3.23. The number of nitrogens with zero attached hydrogens (tertiary/aromatic N) is 4. The van der Waals surface area contributed by atoms with Crippen LogP contribution in [0.5, 0.6) is 0 Å². The average molecular weight is 492 g/mol. The van der Waals surface area contributed by atoms with Crippen LogP contribution in [0.25, 0.3) is 0 Å². The van der Waals surface area contributed by atoms with Crippen molar-refractivity contribution in [3.63, 3.8) is 0 Å². The monoisotopic (exact) mass is 492 g/mol. The molecule has 0 aromatic carbocycles. The van der Waals surface area contributed by atoms with Crippen molar-refractivity contribution >= 4 is 41.3 Å². The molecule has 2 rings (SSSR count). The lowest BCUT2D eigenvalue weighted by Gasteiger charge is -2.10. The molecule has 0 atom stereocenters. The maximum absolute atomic E-state index is 5.14. The Balaban J connectivity index is 0.00000338. The zero-order chi connectivity index (χ0) is 18.2. The van der Waals surface area contributed by atoms with Gasteiger partial charge in [-0.3, -0.25) is 4.68 Å². The highest BCUT2D eigenvalue weighted by Crippen LogP contribution is 2.14. The lowest BCUT2D eigenvalue weighted by Crippen LogP contribution is -2.36. The number of ether oxygens (including phenoxy) is 1. The molecule has 2 N–H and O–H groups in total. The number of hydrogen-bond acceptors (Lipinski definition) is 5. The molecule has 2 aromatic rings. The summed E-state index contributed by atoms with van der Waals surface area (Å²) in [4.78, 5) is 10.3. The van der Waals surface area contributed by atoms with Crippen LogP contribution in [0.4, 0.5) is 0 Å². The van der Waals surface area contributed by atoms with E-state index in [-0.39, 0.29) is 24.0 Å². The van der Waals surface area contributed by atoms with Gasteiger partial charge in [0.05, 0.1) is 31.9 Å². The van der Waals surface area contributed by atoms with E-state index >= 15 is 0 Å². The maximum atomic E-state index is 5.14. The normalized spacial score (nSPS) is 11.3. The first-order chi connectivity index (χ1) is 12.0. The molecular weight excluding hydrogens is 463 g/mol. The summed E-state index contributed by atoms with van der Waals surface area (Å²) in [5, 5.41) is 12.3. The van der Waals surface area contributed by atoms with E-state index in [0.717, 1.165) is 35.4 Å². The summed E-state index contributed by atoms with van der Waals surface area (Å²) < 4.78 is 7.13. The van der Waals surface area contributed by atoms with E-state index < -0.39 is 0 Å². The summed E-state index contributed by atoms with van der Waals surface area (Å²) in [6, 6.07) is 0. The molecule has 0 aliphatic rings. The second kappa shape index (κ2) is 11.5. The van der Waals surface area contributed by atoms with Crippen LogP contribution in [0.1, 0.15) is 33.8 Å². The van der Waals surface area contributed by atoms with Gasteiger partial charge in [0.2, 0.25) is 0 Å². The molecule has 0 aliphatic carbocycles. The van der Waals surface area contributed by atoms with E-state index in [9.17, 15) is 0 Å². The first kappa shape index (κ1) is 22.8. The average Bonchev–Trinajstić information content (AvgIpc) is 3.12. The lowest BCUT2D eigenvalue weighted by atomic mass is 10.2. The number of aryl methyl sites for hydroxylation is 2. The number of aliphatic imine (C=N–C) groups is 1. The molecule has 7 nitrogen and oxygen atoms in total. The summed E-state index contributed by atoms with van der Waals surface area (Å²) in [5.74, 6) is 0.791. The number of guanidine groups is 1. The third-order valence-electron chi connectivity index (χ3n) is 3.85. The van der Waals surface area contributed by atoms with Gasteiger partial charge in [0.1, 0.15) is 5.01 Å². The van der Waals surface area contributed by atoms with Gasteiger partial charge in [-0.1, -0.05) is 0 Å². The number of nitrogens with one attached hydrogen (secondary N) is 2. The van der Waals surface area contributed by atoms with E-state index in [0.29, 0.717) is 19.7 Å². The lowest BCUT2D eigenvalue weighted by molar-refractivity contribution is 0.182. The fourth-order valence-electron chi connectivity index (χ4n) is 2.50. The highest BCUT2D eigenvalue weighted by Gasteiger charge is 2.11. The maximum Gasteiger partial charge on any atom is 0.191 e. The Bertz CT molecular complexity index is 712. The minimum atomic E-state index is 0. The summed E-state index contributed by atoms with van der Waals surface area (Å²) in [5.41, 5.74) is 3.33. The van der Waals surface area contributed by atoms with Gasteiger partial charge in [0, 0.05) is 36.0 Å². The van der Waals surface area contributed by atoms with Gasteiger partial charge in [-0.25, -0.2) is 9.98 Å². The number of hydrogen-bond donors (Lipinski definition) is 2. The van der Waals surface area contributed by atoms with Crippen LogP contribution in [-0.2, 0) is 24.4 Å². The van der Waals surface area contributed by atoms with Gasteiger partial charge in [0.15, 0.2) is 5.96 Å². The van der Waals surface area contributed by atoms with Crippen molar-refractivity contribution in [2.24, 2.45) is 4.99 Å². The van der Waals surface area contributed by atoms with Crippen LogP contribution in [0.15, 0.2) is 11.2 Å². The SMILES string of the molecule is CCNC(=NCc1c(C)nn(CCOC)c1C)NCc1ncc(C)s1.I. The summed E-state index contributed by atoms with van der Waals surface area (Å²) in [6.45, 7) is 11.7. The van der Waals surface area contributed by atoms with Crippen LogP contribution in [-0.4, -0.2) is 41.0 Å². The third-order valence-corrected chi connectivity index (χ3v) is 4.77. The number of halogens is 1. The number of aromatic nitrogens is 3. The van der Waals surface area contributed by atoms with Crippen molar-refractivity contribution in [1.29, 1.82) is 0 Å². The van der Waals surface area contributed by atoms with Gasteiger partial charge in [0.25, 0.3) is 0 Å².